The molecular formula is C13H16N2O3. The number of fused-ring (bicyclic) bond motifs is 1. The van der Waals surface area contributed by atoms with Crippen molar-refractivity contribution in [2.75, 3.05) is 7.05 Å². The van der Waals surface area contributed by atoms with E-state index in [2.05, 4.69) is 5.32 Å². The molecule has 0 amide bonds. The maximum atomic E-state index is 11.4. The predicted molar refractivity (Wildman–Crippen MR) is 68.6 cm³/mol. The highest BCUT2D eigenvalue weighted by atomic mass is 16.4. The van der Waals surface area contributed by atoms with Crippen molar-refractivity contribution in [1.29, 1.82) is 0 Å². The van der Waals surface area contributed by atoms with Gasteiger partial charge in [-0.3, -0.25) is 9.36 Å². The summed E-state index contributed by atoms with van der Waals surface area (Å²) in [5, 5.41) is 3.09. The first-order chi connectivity index (χ1) is 8.52. The molecule has 1 heterocycles. The zero-order chi connectivity index (χ0) is 13.3. The summed E-state index contributed by atoms with van der Waals surface area (Å²) in [6, 6.07) is 5.49. The van der Waals surface area contributed by atoms with Gasteiger partial charge in [0, 0.05) is 19.5 Å². The molecule has 18 heavy (non-hydrogen) atoms. The van der Waals surface area contributed by atoms with Crippen LogP contribution >= 0.6 is 0 Å². The molecule has 1 N–H and O–H groups in total. The number of hydrogen-bond acceptors (Lipinski definition) is 4. The van der Waals surface area contributed by atoms with Gasteiger partial charge in [0.15, 0.2) is 5.58 Å². The van der Waals surface area contributed by atoms with Gasteiger partial charge in [-0.25, -0.2) is 4.79 Å². The molecule has 1 unspecified atom stereocenters. The van der Waals surface area contributed by atoms with Gasteiger partial charge in [0.05, 0.1) is 5.52 Å². The van der Waals surface area contributed by atoms with E-state index in [0.29, 0.717) is 12.0 Å². The second kappa shape index (κ2) is 4.78. The first kappa shape index (κ1) is 12.6. The Bertz CT molecular complexity index is 639. The molecule has 0 saturated carbocycles. The minimum absolute atomic E-state index is 0.0580. The van der Waals surface area contributed by atoms with E-state index in [1.807, 2.05) is 12.1 Å². The van der Waals surface area contributed by atoms with Crippen LogP contribution < -0.4 is 11.1 Å². The normalized spacial score (nSPS) is 12.8. The lowest BCUT2D eigenvalue weighted by Crippen LogP contribution is -2.18. The third kappa shape index (κ3) is 2.22. The van der Waals surface area contributed by atoms with Gasteiger partial charge in [-0.2, -0.15) is 0 Å². The predicted octanol–water partition coefficient (Wildman–Crippen LogP) is 1.37. The van der Waals surface area contributed by atoms with Crippen molar-refractivity contribution in [3.8, 4) is 0 Å². The van der Waals surface area contributed by atoms with Crippen molar-refractivity contribution in [1.82, 2.24) is 9.88 Å². The Labute approximate surface area is 104 Å². The molecule has 1 aromatic heterocycles. The molecule has 5 heteroatoms. The minimum atomic E-state index is -0.380. The highest BCUT2D eigenvalue weighted by molar-refractivity contribution is 5.77. The quantitative estimate of drug-likeness (QED) is 0.887. The average molecular weight is 248 g/mol. The molecule has 0 spiro atoms. The molecule has 0 radical (unpaired) electrons. The fraction of sp³-hybridized carbons (Fsp3) is 0.385. The zero-order valence-corrected chi connectivity index (χ0v) is 10.7. The zero-order valence-electron chi connectivity index (χ0n) is 10.7. The maximum absolute atomic E-state index is 11.4. The highest BCUT2D eigenvalue weighted by Crippen LogP contribution is 2.21. The number of nitrogens with zero attached hydrogens (tertiary/aromatic N) is 1. The van der Waals surface area contributed by atoms with Crippen LogP contribution in [0.1, 0.15) is 24.9 Å². The van der Waals surface area contributed by atoms with Crippen molar-refractivity contribution in [2.24, 2.45) is 7.05 Å². The number of aromatic nitrogens is 1. The van der Waals surface area contributed by atoms with E-state index in [0.717, 1.165) is 11.1 Å². The number of carbonyl (C=O) groups excluding carboxylic acids is 1. The third-order valence-corrected chi connectivity index (χ3v) is 3.06. The molecule has 2 rings (SSSR count). The van der Waals surface area contributed by atoms with Gasteiger partial charge in [0.1, 0.15) is 5.78 Å². The molecular weight excluding hydrogens is 232 g/mol. The highest BCUT2D eigenvalue weighted by Gasteiger charge is 2.14. The van der Waals surface area contributed by atoms with Crippen molar-refractivity contribution in [3.05, 3.63) is 34.3 Å². The molecule has 0 aliphatic heterocycles. The first-order valence-corrected chi connectivity index (χ1v) is 5.79. The standard InChI is InChI=1S/C13H16N2O3/c1-8(16)6-10(14-2)9-4-5-11-12(7-9)18-13(17)15(11)3/h4-5,7,10,14H,6H2,1-3H3. The van der Waals surface area contributed by atoms with Crippen LogP contribution in [0.3, 0.4) is 0 Å². The number of hydrogen-bond donors (Lipinski definition) is 1. The number of Topliss-reactive ketones (excluding diaryl/α,β-unsaturated/α-hetero) is 1. The van der Waals surface area contributed by atoms with Crippen LogP contribution in [-0.4, -0.2) is 17.4 Å². The fourth-order valence-electron chi connectivity index (χ4n) is 2.04. The van der Waals surface area contributed by atoms with Crippen molar-refractivity contribution in [2.45, 2.75) is 19.4 Å². The van der Waals surface area contributed by atoms with Crippen LogP contribution in [0.15, 0.2) is 27.4 Å². The Kier molecular flexibility index (Phi) is 3.34. The van der Waals surface area contributed by atoms with E-state index >= 15 is 0 Å². The second-order valence-electron chi connectivity index (χ2n) is 4.40. The summed E-state index contributed by atoms with van der Waals surface area (Å²) >= 11 is 0. The summed E-state index contributed by atoms with van der Waals surface area (Å²) in [4.78, 5) is 22.6. The van der Waals surface area contributed by atoms with Gasteiger partial charge in [-0.15, -0.1) is 0 Å². The van der Waals surface area contributed by atoms with Gasteiger partial charge in [0.25, 0.3) is 0 Å². The van der Waals surface area contributed by atoms with Crippen LogP contribution in [0.4, 0.5) is 0 Å². The number of carbonyl (C=O) groups is 1. The topological polar surface area (TPSA) is 64.2 Å². The minimum Gasteiger partial charge on any atom is -0.408 e. The SMILES string of the molecule is CNC(CC(C)=O)c1ccc2c(c1)oc(=O)n2C. The summed E-state index contributed by atoms with van der Waals surface area (Å²) in [5.74, 6) is -0.265. The summed E-state index contributed by atoms with van der Waals surface area (Å²) in [6.45, 7) is 1.56. The van der Waals surface area contributed by atoms with Crippen LogP contribution in [-0.2, 0) is 11.8 Å². The molecule has 96 valence electrons. The average Bonchev–Trinajstić information content (AvgIpc) is 2.61. The molecule has 0 fully saturated rings. The summed E-state index contributed by atoms with van der Waals surface area (Å²) < 4.78 is 6.59. The fourth-order valence-corrected chi connectivity index (χ4v) is 2.04. The van der Waals surface area contributed by atoms with E-state index in [4.69, 9.17) is 4.42 Å². The molecule has 0 saturated heterocycles. The number of aryl methyl sites for hydroxylation is 1. The number of nitrogens with one attached hydrogen (secondary N) is 1. The molecule has 5 nitrogen and oxygen atoms in total. The Morgan fingerprint density at radius 2 is 2.22 bits per heavy atom. The number of ketones is 1. The van der Waals surface area contributed by atoms with Gasteiger partial charge < -0.3 is 9.73 Å². The Morgan fingerprint density at radius 3 is 2.83 bits per heavy atom. The maximum Gasteiger partial charge on any atom is 0.419 e. The lowest BCUT2D eigenvalue weighted by molar-refractivity contribution is -0.117. The molecule has 0 aliphatic carbocycles. The summed E-state index contributed by atoms with van der Waals surface area (Å²) in [5.41, 5.74) is 2.24. The Hall–Kier alpha value is -1.88. The number of oxazole rings is 1. The Morgan fingerprint density at radius 1 is 1.50 bits per heavy atom. The molecule has 1 atom stereocenters. The molecule has 2 aromatic rings. The Balaban J connectivity index is 2.45. The van der Waals surface area contributed by atoms with Crippen molar-refractivity contribution in [3.63, 3.8) is 0 Å². The van der Waals surface area contributed by atoms with Crippen LogP contribution in [0, 0.1) is 0 Å². The van der Waals surface area contributed by atoms with Crippen LogP contribution in [0.25, 0.3) is 11.1 Å². The smallest absolute Gasteiger partial charge is 0.408 e. The number of rotatable bonds is 4. The van der Waals surface area contributed by atoms with E-state index < -0.39 is 0 Å². The monoisotopic (exact) mass is 248 g/mol. The van der Waals surface area contributed by atoms with Crippen molar-refractivity contribution >= 4 is 16.9 Å². The summed E-state index contributed by atoms with van der Waals surface area (Å²) in [6.07, 6.45) is 0.416. The van der Waals surface area contributed by atoms with Crippen molar-refractivity contribution < 1.29 is 9.21 Å². The molecule has 1 aromatic carbocycles. The van der Waals surface area contributed by atoms with Crippen LogP contribution in [0.5, 0.6) is 0 Å². The lowest BCUT2D eigenvalue weighted by atomic mass is 10.0. The third-order valence-electron chi connectivity index (χ3n) is 3.06. The van der Waals surface area contributed by atoms with Gasteiger partial charge in [0.2, 0.25) is 0 Å². The van der Waals surface area contributed by atoms with Gasteiger partial charge in [-0.05, 0) is 31.7 Å². The lowest BCUT2D eigenvalue weighted by Gasteiger charge is -2.14. The van der Waals surface area contributed by atoms with Gasteiger partial charge in [-0.1, -0.05) is 6.07 Å². The van der Waals surface area contributed by atoms with E-state index in [-0.39, 0.29) is 17.6 Å². The second-order valence-corrected chi connectivity index (χ2v) is 4.40. The summed E-state index contributed by atoms with van der Waals surface area (Å²) in [7, 11) is 3.47. The van der Waals surface area contributed by atoms with Crippen LogP contribution in [0.2, 0.25) is 0 Å². The van der Waals surface area contributed by atoms with Gasteiger partial charge >= 0.3 is 5.76 Å². The van der Waals surface area contributed by atoms with E-state index in [1.54, 1.807) is 27.1 Å². The molecule has 0 bridgehead atoms. The first-order valence-electron chi connectivity index (χ1n) is 5.79. The molecule has 0 aliphatic rings. The van der Waals surface area contributed by atoms with E-state index in [9.17, 15) is 9.59 Å². The number of benzene rings is 1. The largest absolute Gasteiger partial charge is 0.419 e. The van der Waals surface area contributed by atoms with E-state index in [1.165, 1.54) is 4.57 Å².